The van der Waals surface area contributed by atoms with E-state index in [0.717, 1.165) is 51.7 Å². The molecule has 0 aromatic heterocycles. The van der Waals surface area contributed by atoms with Gasteiger partial charge in [0.2, 0.25) is 5.91 Å². The summed E-state index contributed by atoms with van der Waals surface area (Å²) in [4.78, 5) is 29.8. The molecule has 2 saturated heterocycles. The fourth-order valence-corrected chi connectivity index (χ4v) is 5.40. The molecular formula is C19H31N3O3. The normalized spacial score (nSPS) is 33.5. The van der Waals surface area contributed by atoms with Crippen LogP contribution in [0, 0.1) is 5.41 Å². The fourth-order valence-electron chi connectivity index (χ4n) is 5.40. The van der Waals surface area contributed by atoms with Gasteiger partial charge in [-0.25, -0.2) is 4.79 Å². The molecule has 0 atom stereocenters. The third kappa shape index (κ3) is 3.25. The minimum absolute atomic E-state index is 0.262. The summed E-state index contributed by atoms with van der Waals surface area (Å²) in [6.07, 6.45) is 7.80. The molecule has 6 nitrogen and oxygen atoms in total. The zero-order valence-corrected chi connectivity index (χ0v) is 15.3. The molecule has 2 aliphatic heterocycles. The number of carboxylic acid groups (broad SMARTS) is 1. The van der Waals surface area contributed by atoms with Crippen molar-refractivity contribution in [2.24, 2.45) is 5.41 Å². The van der Waals surface area contributed by atoms with Gasteiger partial charge in [-0.05, 0) is 50.4 Å². The predicted molar refractivity (Wildman–Crippen MR) is 94.4 cm³/mol. The Balaban J connectivity index is 1.26. The van der Waals surface area contributed by atoms with E-state index in [1.165, 1.54) is 12.8 Å². The number of likely N-dealkylation sites (tertiary alicyclic amines) is 2. The molecule has 2 heterocycles. The number of nitrogens with zero attached hydrogens (tertiary/aromatic N) is 3. The zero-order valence-electron chi connectivity index (χ0n) is 15.3. The highest BCUT2D eigenvalue weighted by Crippen LogP contribution is 2.50. The fraction of sp³-hybridized carbons (Fsp3) is 0.895. The Bertz CT molecular complexity index is 534. The third-order valence-corrected chi connectivity index (χ3v) is 6.99. The van der Waals surface area contributed by atoms with Crippen LogP contribution >= 0.6 is 0 Å². The van der Waals surface area contributed by atoms with Crippen molar-refractivity contribution < 1.29 is 14.7 Å². The van der Waals surface area contributed by atoms with E-state index in [2.05, 4.69) is 9.80 Å². The van der Waals surface area contributed by atoms with E-state index >= 15 is 0 Å². The summed E-state index contributed by atoms with van der Waals surface area (Å²) in [5.74, 6) is 0.336. The SMILES string of the molecule is CCC(=O)N(C1CC1)C1CCN(C2CC3(CCN(C(=O)O)C3)C2)CC1. The van der Waals surface area contributed by atoms with Gasteiger partial charge in [-0.2, -0.15) is 0 Å². The van der Waals surface area contributed by atoms with Crippen molar-refractivity contribution in [2.45, 2.75) is 76.4 Å². The first-order valence-electron chi connectivity index (χ1n) is 10.0. The van der Waals surface area contributed by atoms with E-state index < -0.39 is 6.09 Å². The maximum Gasteiger partial charge on any atom is 0.407 e. The summed E-state index contributed by atoms with van der Waals surface area (Å²) < 4.78 is 0. The van der Waals surface area contributed by atoms with E-state index in [0.29, 0.717) is 37.0 Å². The first kappa shape index (κ1) is 17.1. The molecule has 4 rings (SSSR count). The number of rotatable bonds is 4. The standard InChI is InChI=1S/C19H31N3O3/c1-2-17(23)22(14-3-4-14)15-5-8-20(9-6-15)16-11-19(12-16)7-10-21(13-19)18(24)25/h14-16H,2-13H2,1H3,(H,24,25). The second-order valence-electron chi connectivity index (χ2n) is 8.67. The second kappa shape index (κ2) is 6.45. The molecule has 0 radical (unpaired) electrons. The molecule has 140 valence electrons. The first-order chi connectivity index (χ1) is 12.0. The molecule has 4 fully saturated rings. The molecule has 4 aliphatic rings. The van der Waals surface area contributed by atoms with Gasteiger partial charge in [0, 0.05) is 50.7 Å². The van der Waals surface area contributed by atoms with Crippen LogP contribution in [-0.4, -0.2) is 76.1 Å². The summed E-state index contributed by atoms with van der Waals surface area (Å²) in [5.41, 5.74) is 0.262. The van der Waals surface area contributed by atoms with Gasteiger partial charge in [0.1, 0.15) is 0 Å². The Morgan fingerprint density at radius 3 is 2.24 bits per heavy atom. The molecule has 6 heteroatoms. The Kier molecular flexibility index (Phi) is 4.42. The smallest absolute Gasteiger partial charge is 0.407 e. The van der Waals surface area contributed by atoms with Crippen LogP contribution in [0.5, 0.6) is 0 Å². The molecule has 0 aromatic carbocycles. The van der Waals surface area contributed by atoms with Gasteiger partial charge in [-0.1, -0.05) is 6.92 Å². The van der Waals surface area contributed by atoms with Gasteiger partial charge in [0.25, 0.3) is 0 Å². The van der Waals surface area contributed by atoms with Crippen molar-refractivity contribution in [2.75, 3.05) is 26.2 Å². The molecule has 1 N–H and O–H groups in total. The van der Waals surface area contributed by atoms with Crippen molar-refractivity contribution >= 4 is 12.0 Å². The number of piperidine rings is 1. The lowest BCUT2D eigenvalue weighted by Crippen LogP contribution is -2.56. The van der Waals surface area contributed by atoms with E-state index in [1.807, 2.05) is 6.92 Å². The average molecular weight is 349 g/mol. The van der Waals surface area contributed by atoms with Gasteiger partial charge < -0.3 is 19.8 Å². The minimum atomic E-state index is -0.762. The topological polar surface area (TPSA) is 64.1 Å². The van der Waals surface area contributed by atoms with Crippen molar-refractivity contribution in [1.82, 2.24) is 14.7 Å². The zero-order chi connectivity index (χ0) is 17.6. The molecule has 0 aromatic rings. The number of carbonyl (C=O) groups is 2. The van der Waals surface area contributed by atoms with Crippen molar-refractivity contribution in [1.29, 1.82) is 0 Å². The van der Waals surface area contributed by atoms with E-state index in [-0.39, 0.29) is 5.41 Å². The summed E-state index contributed by atoms with van der Waals surface area (Å²) in [5, 5.41) is 9.16. The molecule has 2 amide bonds. The lowest BCUT2D eigenvalue weighted by molar-refractivity contribution is -0.135. The van der Waals surface area contributed by atoms with Gasteiger partial charge in [-0.3, -0.25) is 4.79 Å². The molecule has 2 aliphatic carbocycles. The van der Waals surface area contributed by atoms with Gasteiger partial charge in [0.15, 0.2) is 0 Å². The predicted octanol–water partition coefficient (Wildman–Crippen LogP) is 2.38. The van der Waals surface area contributed by atoms with Crippen molar-refractivity contribution in [3.05, 3.63) is 0 Å². The van der Waals surface area contributed by atoms with E-state index in [1.54, 1.807) is 4.90 Å². The highest BCUT2D eigenvalue weighted by atomic mass is 16.4. The molecule has 25 heavy (non-hydrogen) atoms. The monoisotopic (exact) mass is 349 g/mol. The van der Waals surface area contributed by atoms with Crippen LogP contribution in [0.25, 0.3) is 0 Å². The number of hydrogen-bond acceptors (Lipinski definition) is 3. The second-order valence-corrected chi connectivity index (χ2v) is 8.67. The molecule has 1 spiro atoms. The first-order valence-corrected chi connectivity index (χ1v) is 10.0. The summed E-state index contributed by atoms with van der Waals surface area (Å²) in [6, 6.07) is 1.60. The maximum absolute atomic E-state index is 12.3. The van der Waals surface area contributed by atoms with Crippen LogP contribution < -0.4 is 0 Å². The lowest BCUT2D eigenvalue weighted by atomic mass is 9.64. The number of hydrogen-bond donors (Lipinski definition) is 1. The summed E-state index contributed by atoms with van der Waals surface area (Å²) in [7, 11) is 0. The van der Waals surface area contributed by atoms with Crippen molar-refractivity contribution in [3.8, 4) is 0 Å². The summed E-state index contributed by atoms with van der Waals surface area (Å²) >= 11 is 0. The Morgan fingerprint density at radius 2 is 1.72 bits per heavy atom. The number of carbonyl (C=O) groups excluding carboxylic acids is 1. The van der Waals surface area contributed by atoms with Gasteiger partial charge in [-0.15, -0.1) is 0 Å². The van der Waals surface area contributed by atoms with E-state index in [4.69, 9.17) is 5.11 Å². The molecule has 0 unspecified atom stereocenters. The molecule has 2 saturated carbocycles. The van der Waals surface area contributed by atoms with Crippen molar-refractivity contribution in [3.63, 3.8) is 0 Å². The van der Waals surface area contributed by atoms with Crippen LogP contribution in [0.4, 0.5) is 4.79 Å². The highest BCUT2D eigenvalue weighted by Gasteiger charge is 2.51. The van der Waals surface area contributed by atoms with Gasteiger partial charge in [0.05, 0.1) is 0 Å². The largest absolute Gasteiger partial charge is 0.465 e. The van der Waals surface area contributed by atoms with E-state index in [9.17, 15) is 9.59 Å². The highest BCUT2D eigenvalue weighted by molar-refractivity contribution is 5.77. The maximum atomic E-state index is 12.3. The van der Waals surface area contributed by atoms with Crippen LogP contribution in [0.2, 0.25) is 0 Å². The van der Waals surface area contributed by atoms with Gasteiger partial charge >= 0.3 is 6.09 Å². The molecule has 0 bridgehead atoms. The molecular weight excluding hydrogens is 318 g/mol. The quantitative estimate of drug-likeness (QED) is 0.846. The number of amides is 2. The summed E-state index contributed by atoms with van der Waals surface area (Å²) in [6.45, 7) is 5.60. The Morgan fingerprint density at radius 1 is 1.08 bits per heavy atom. The Labute approximate surface area is 150 Å². The lowest BCUT2D eigenvalue weighted by Gasteiger charge is -2.52. The van der Waals surface area contributed by atoms with Crippen LogP contribution in [-0.2, 0) is 4.79 Å². The van der Waals surface area contributed by atoms with Crippen LogP contribution in [0.1, 0.15) is 58.3 Å². The minimum Gasteiger partial charge on any atom is -0.465 e. The Hall–Kier alpha value is -1.30. The van der Waals surface area contributed by atoms with Crippen LogP contribution in [0.15, 0.2) is 0 Å². The average Bonchev–Trinajstić information content (AvgIpc) is 3.30. The third-order valence-electron chi connectivity index (χ3n) is 6.99. The van der Waals surface area contributed by atoms with Crippen LogP contribution in [0.3, 0.4) is 0 Å².